The predicted molar refractivity (Wildman–Crippen MR) is 71.9 cm³/mol. The second kappa shape index (κ2) is 5.18. The molecule has 0 saturated heterocycles. The minimum atomic E-state index is -4.42. The summed E-state index contributed by atoms with van der Waals surface area (Å²) in [6, 6.07) is 12.7. The van der Waals surface area contributed by atoms with Crippen LogP contribution < -0.4 is 0 Å². The quantitative estimate of drug-likeness (QED) is 0.735. The lowest BCUT2D eigenvalue weighted by molar-refractivity contribution is -0.137. The van der Waals surface area contributed by atoms with Gasteiger partial charge in [0, 0.05) is 5.56 Å². The predicted octanol–water partition coefficient (Wildman–Crippen LogP) is 3.67. The van der Waals surface area contributed by atoms with Crippen molar-refractivity contribution in [1.29, 1.82) is 0 Å². The fourth-order valence-corrected chi connectivity index (χ4v) is 2.12. The molecule has 0 aliphatic heterocycles. The zero-order chi connectivity index (χ0) is 15.7. The van der Waals surface area contributed by atoms with Crippen LogP contribution in [0.5, 0.6) is 0 Å². The van der Waals surface area contributed by atoms with Gasteiger partial charge in [0.05, 0.1) is 5.56 Å². The van der Waals surface area contributed by atoms with E-state index in [4.69, 9.17) is 0 Å². The molecule has 0 unspecified atom stereocenters. The minimum Gasteiger partial charge on any atom is -0.425 e. The maximum absolute atomic E-state index is 12.8. The van der Waals surface area contributed by atoms with Crippen LogP contribution in [-0.2, 0) is 6.18 Å². The molecule has 1 aromatic heterocycles. The number of rotatable bonds is 2. The SMILES string of the molecule is On1cnnc1-c1[c]cccc1-c1cccc(C(F)(F)F)c1. The van der Waals surface area contributed by atoms with Gasteiger partial charge in [0.15, 0.2) is 12.2 Å². The van der Waals surface area contributed by atoms with Crippen molar-refractivity contribution in [2.75, 3.05) is 0 Å². The van der Waals surface area contributed by atoms with Crippen LogP contribution in [0.2, 0.25) is 0 Å². The monoisotopic (exact) mass is 304 g/mol. The Hall–Kier alpha value is -2.83. The number of aromatic nitrogens is 3. The lowest BCUT2D eigenvalue weighted by Crippen LogP contribution is -2.04. The van der Waals surface area contributed by atoms with Gasteiger partial charge in [-0.05, 0) is 29.3 Å². The Kier molecular flexibility index (Phi) is 3.32. The summed E-state index contributed by atoms with van der Waals surface area (Å²) in [7, 11) is 0. The minimum absolute atomic E-state index is 0.105. The van der Waals surface area contributed by atoms with Gasteiger partial charge >= 0.3 is 6.18 Å². The van der Waals surface area contributed by atoms with Crippen LogP contribution in [0.3, 0.4) is 0 Å². The summed E-state index contributed by atoms with van der Waals surface area (Å²) in [6.07, 6.45) is -3.34. The number of halogens is 3. The van der Waals surface area contributed by atoms with Crippen molar-refractivity contribution in [2.24, 2.45) is 0 Å². The van der Waals surface area contributed by atoms with Gasteiger partial charge in [-0.2, -0.15) is 17.9 Å². The third-order valence-electron chi connectivity index (χ3n) is 3.11. The Morgan fingerprint density at radius 2 is 1.95 bits per heavy atom. The van der Waals surface area contributed by atoms with E-state index in [1.807, 2.05) is 0 Å². The highest BCUT2D eigenvalue weighted by Crippen LogP contribution is 2.35. The molecule has 1 radical (unpaired) electrons. The van der Waals surface area contributed by atoms with Crippen molar-refractivity contribution in [1.82, 2.24) is 14.9 Å². The van der Waals surface area contributed by atoms with Crippen molar-refractivity contribution in [3.05, 3.63) is 60.4 Å². The van der Waals surface area contributed by atoms with E-state index in [0.29, 0.717) is 21.4 Å². The summed E-state index contributed by atoms with van der Waals surface area (Å²) in [6.45, 7) is 0. The Balaban J connectivity index is 2.16. The molecule has 0 amide bonds. The van der Waals surface area contributed by atoms with E-state index in [-0.39, 0.29) is 5.82 Å². The summed E-state index contributed by atoms with van der Waals surface area (Å²) in [4.78, 5) is 0. The molecule has 0 atom stereocenters. The van der Waals surface area contributed by atoms with Gasteiger partial charge in [-0.1, -0.05) is 30.3 Å². The van der Waals surface area contributed by atoms with Gasteiger partial charge in [0.1, 0.15) is 0 Å². The smallest absolute Gasteiger partial charge is 0.416 e. The summed E-state index contributed by atoms with van der Waals surface area (Å²) < 4.78 is 39.2. The Morgan fingerprint density at radius 3 is 2.64 bits per heavy atom. The van der Waals surface area contributed by atoms with Crippen LogP contribution in [0.4, 0.5) is 13.2 Å². The second-order valence-corrected chi connectivity index (χ2v) is 4.54. The summed E-state index contributed by atoms with van der Waals surface area (Å²) in [5, 5.41) is 17.0. The molecular formula is C15H9F3N3O. The van der Waals surface area contributed by atoms with Gasteiger partial charge in [-0.3, -0.25) is 0 Å². The van der Waals surface area contributed by atoms with E-state index >= 15 is 0 Å². The van der Waals surface area contributed by atoms with E-state index in [9.17, 15) is 18.4 Å². The Morgan fingerprint density at radius 1 is 1.14 bits per heavy atom. The average Bonchev–Trinajstić information content (AvgIpc) is 2.92. The van der Waals surface area contributed by atoms with Crippen molar-refractivity contribution in [2.45, 2.75) is 6.18 Å². The number of hydrogen-bond donors (Lipinski definition) is 1. The highest BCUT2D eigenvalue weighted by molar-refractivity contribution is 5.80. The maximum Gasteiger partial charge on any atom is 0.416 e. The second-order valence-electron chi connectivity index (χ2n) is 4.54. The standard InChI is InChI=1S/C15H9F3N3O/c16-15(17,18)11-5-3-4-10(8-11)12-6-1-2-7-13(12)14-20-19-9-21(14)22/h1-6,8-9,22H. The first-order valence-electron chi connectivity index (χ1n) is 6.25. The molecule has 4 nitrogen and oxygen atoms in total. The molecule has 0 spiro atoms. The first-order chi connectivity index (χ1) is 10.5. The van der Waals surface area contributed by atoms with Crippen molar-refractivity contribution in [3.8, 4) is 22.5 Å². The zero-order valence-electron chi connectivity index (χ0n) is 11.0. The molecule has 22 heavy (non-hydrogen) atoms. The Labute approximate surface area is 123 Å². The molecule has 0 bridgehead atoms. The third-order valence-corrected chi connectivity index (χ3v) is 3.11. The molecule has 111 valence electrons. The third kappa shape index (κ3) is 2.52. The van der Waals surface area contributed by atoms with E-state index < -0.39 is 11.7 Å². The van der Waals surface area contributed by atoms with E-state index in [1.165, 1.54) is 6.07 Å². The van der Waals surface area contributed by atoms with Gasteiger partial charge in [0.25, 0.3) is 0 Å². The molecule has 2 aromatic carbocycles. The van der Waals surface area contributed by atoms with E-state index in [1.54, 1.807) is 24.3 Å². The maximum atomic E-state index is 12.8. The van der Waals surface area contributed by atoms with Crippen molar-refractivity contribution >= 4 is 0 Å². The van der Waals surface area contributed by atoms with Gasteiger partial charge in [-0.25, -0.2) is 0 Å². The normalized spacial score (nSPS) is 11.6. The van der Waals surface area contributed by atoms with Crippen LogP contribution in [0, 0.1) is 6.07 Å². The van der Waals surface area contributed by atoms with Crippen molar-refractivity contribution < 1.29 is 18.4 Å². The lowest BCUT2D eigenvalue weighted by Gasteiger charge is -2.11. The zero-order valence-corrected chi connectivity index (χ0v) is 11.0. The number of hydrogen-bond acceptors (Lipinski definition) is 3. The molecule has 0 aliphatic carbocycles. The highest BCUT2D eigenvalue weighted by atomic mass is 19.4. The summed E-state index contributed by atoms with van der Waals surface area (Å²) in [5.74, 6) is 0.105. The topological polar surface area (TPSA) is 50.9 Å². The highest BCUT2D eigenvalue weighted by Gasteiger charge is 2.30. The van der Waals surface area contributed by atoms with Gasteiger partial charge < -0.3 is 5.21 Å². The van der Waals surface area contributed by atoms with Gasteiger partial charge in [0.2, 0.25) is 0 Å². The summed E-state index contributed by atoms with van der Waals surface area (Å²) in [5.41, 5.74) is 0.439. The molecular weight excluding hydrogens is 295 g/mol. The van der Waals surface area contributed by atoms with Crippen LogP contribution >= 0.6 is 0 Å². The van der Waals surface area contributed by atoms with Gasteiger partial charge in [-0.15, -0.1) is 10.2 Å². The molecule has 7 heteroatoms. The molecule has 3 rings (SSSR count). The molecule has 0 fully saturated rings. The molecule has 1 N–H and O–H groups in total. The van der Waals surface area contributed by atoms with Crippen LogP contribution in [0.25, 0.3) is 22.5 Å². The average molecular weight is 304 g/mol. The summed E-state index contributed by atoms with van der Waals surface area (Å²) >= 11 is 0. The van der Waals surface area contributed by atoms with Crippen LogP contribution in [0.1, 0.15) is 5.56 Å². The first-order valence-corrected chi connectivity index (χ1v) is 6.25. The lowest BCUT2D eigenvalue weighted by atomic mass is 9.97. The number of alkyl halides is 3. The van der Waals surface area contributed by atoms with Crippen LogP contribution in [0.15, 0.2) is 48.8 Å². The first kappa shape index (κ1) is 14.1. The number of nitrogens with zero attached hydrogens (tertiary/aromatic N) is 3. The largest absolute Gasteiger partial charge is 0.425 e. The van der Waals surface area contributed by atoms with Crippen LogP contribution in [-0.4, -0.2) is 20.1 Å². The van der Waals surface area contributed by atoms with E-state index in [2.05, 4.69) is 16.3 Å². The molecule has 0 saturated carbocycles. The Bertz CT molecular complexity index is 812. The molecule has 0 aliphatic rings. The molecule has 3 aromatic rings. The van der Waals surface area contributed by atoms with E-state index in [0.717, 1.165) is 18.5 Å². The fourth-order valence-electron chi connectivity index (χ4n) is 2.12. The fraction of sp³-hybridized carbons (Fsp3) is 0.0667. The molecule has 1 heterocycles. The van der Waals surface area contributed by atoms with Crippen molar-refractivity contribution in [3.63, 3.8) is 0 Å². The number of benzene rings is 2.